The number of hydrogen-bond acceptors (Lipinski definition) is 3. The highest BCUT2D eigenvalue weighted by molar-refractivity contribution is 5.68. The largest absolute Gasteiger partial charge is 0.495 e. The van der Waals surface area contributed by atoms with Crippen LogP contribution in [0, 0.1) is 0 Å². The Hall–Kier alpha value is -1.29. The van der Waals surface area contributed by atoms with E-state index in [9.17, 15) is 4.39 Å². The van der Waals surface area contributed by atoms with Crippen LogP contribution in [-0.4, -0.2) is 32.0 Å². The van der Waals surface area contributed by atoms with Crippen molar-refractivity contribution in [3.05, 3.63) is 23.8 Å². The lowest BCUT2D eigenvalue weighted by Crippen LogP contribution is -2.52. The molecule has 3 rings (SSSR count). The van der Waals surface area contributed by atoms with Crippen LogP contribution >= 0.6 is 0 Å². The van der Waals surface area contributed by atoms with Gasteiger partial charge in [-0.05, 0) is 18.1 Å². The summed E-state index contributed by atoms with van der Waals surface area (Å²) in [6.45, 7) is 0.799. The predicted molar refractivity (Wildman–Crippen MR) is 63.4 cm³/mol. The van der Waals surface area contributed by atoms with Crippen LogP contribution in [0.5, 0.6) is 5.75 Å². The third-order valence-electron chi connectivity index (χ3n) is 3.77. The van der Waals surface area contributed by atoms with Crippen molar-refractivity contribution in [1.29, 1.82) is 0 Å². The fraction of sp³-hybridized carbons (Fsp3) is 0.538. The van der Waals surface area contributed by atoms with E-state index in [0.29, 0.717) is 19.4 Å². The highest BCUT2D eigenvalue weighted by Gasteiger charge is 2.46. The van der Waals surface area contributed by atoms with E-state index in [1.54, 1.807) is 7.11 Å². The van der Waals surface area contributed by atoms with Gasteiger partial charge in [-0.2, -0.15) is 0 Å². The van der Waals surface area contributed by atoms with E-state index >= 15 is 0 Å². The molecule has 17 heavy (non-hydrogen) atoms. The molecular formula is C13H16FNO2. The average molecular weight is 237 g/mol. The number of benzene rings is 1. The molecule has 2 aliphatic rings. The number of anilines is 1. The van der Waals surface area contributed by atoms with Crippen molar-refractivity contribution in [1.82, 2.24) is 0 Å². The van der Waals surface area contributed by atoms with Gasteiger partial charge in [0.15, 0.2) is 0 Å². The number of nitrogens with one attached hydrogen (secondary N) is 1. The molecule has 2 heterocycles. The topological polar surface area (TPSA) is 30.5 Å². The molecule has 1 spiro atoms. The molecule has 1 saturated heterocycles. The van der Waals surface area contributed by atoms with Crippen molar-refractivity contribution in [2.75, 3.05) is 25.6 Å². The Bertz CT molecular complexity index is 437. The van der Waals surface area contributed by atoms with Crippen LogP contribution < -0.4 is 10.1 Å². The van der Waals surface area contributed by atoms with Crippen molar-refractivity contribution in [3.63, 3.8) is 0 Å². The number of methoxy groups -OCH3 is 1. The van der Waals surface area contributed by atoms with Gasteiger partial charge in [-0.15, -0.1) is 0 Å². The lowest BCUT2D eigenvalue weighted by molar-refractivity contribution is -0.00547. The van der Waals surface area contributed by atoms with Crippen LogP contribution in [0.3, 0.4) is 0 Å². The van der Waals surface area contributed by atoms with Crippen LogP contribution in [0.25, 0.3) is 0 Å². The number of ether oxygens (including phenoxy) is 2. The molecule has 2 atom stereocenters. The zero-order valence-corrected chi connectivity index (χ0v) is 9.83. The minimum Gasteiger partial charge on any atom is -0.495 e. The molecule has 4 heteroatoms. The highest BCUT2D eigenvalue weighted by Crippen LogP contribution is 2.43. The molecule has 1 aromatic rings. The maximum Gasteiger partial charge on any atom is 0.147 e. The maximum absolute atomic E-state index is 14.1. The molecule has 1 fully saturated rings. The summed E-state index contributed by atoms with van der Waals surface area (Å²) in [4.78, 5) is 0. The van der Waals surface area contributed by atoms with Crippen LogP contribution in [0.2, 0.25) is 0 Å². The average Bonchev–Trinajstić information content (AvgIpc) is 2.72. The van der Waals surface area contributed by atoms with Gasteiger partial charge >= 0.3 is 0 Å². The van der Waals surface area contributed by atoms with Gasteiger partial charge in [-0.1, -0.05) is 12.1 Å². The van der Waals surface area contributed by atoms with Crippen molar-refractivity contribution in [2.24, 2.45) is 0 Å². The van der Waals surface area contributed by atoms with Crippen molar-refractivity contribution in [3.8, 4) is 5.75 Å². The molecule has 1 aromatic carbocycles. The zero-order chi connectivity index (χ0) is 11.9. The molecule has 0 bridgehead atoms. The quantitative estimate of drug-likeness (QED) is 0.812. The van der Waals surface area contributed by atoms with E-state index in [1.165, 1.54) is 0 Å². The Morgan fingerprint density at radius 2 is 2.41 bits per heavy atom. The third kappa shape index (κ3) is 1.59. The molecule has 0 radical (unpaired) electrons. The first-order valence-electron chi connectivity index (χ1n) is 5.91. The first-order chi connectivity index (χ1) is 8.25. The van der Waals surface area contributed by atoms with Crippen molar-refractivity contribution < 1.29 is 13.9 Å². The smallest absolute Gasteiger partial charge is 0.147 e. The summed E-state index contributed by atoms with van der Waals surface area (Å²) in [7, 11) is 1.64. The molecule has 0 aromatic heterocycles. The number of alkyl halides is 1. The monoisotopic (exact) mass is 237 g/mol. The van der Waals surface area contributed by atoms with E-state index < -0.39 is 11.7 Å². The van der Waals surface area contributed by atoms with Crippen molar-refractivity contribution >= 4 is 5.69 Å². The van der Waals surface area contributed by atoms with Crippen LogP contribution in [0.4, 0.5) is 10.1 Å². The Morgan fingerprint density at radius 1 is 1.53 bits per heavy atom. The Balaban J connectivity index is 1.96. The first-order valence-corrected chi connectivity index (χ1v) is 5.91. The lowest BCUT2D eigenvalue weighted by atomic mass is 9.86. The molecule has 0 saturated carbocycles. The van der Waals surface area contributed by atoms with Gasteiger partial charge in [0.2, 0.25) is 0 Å². The Labute approximate surface area is 99.9 Å². The van der Waals surface area contributed by atoms with E-state index in [2.05, 4.69) is 5.32 Å². The summed E-state index contributed by atoms with van der Waals surface area (Å²) in [5.41, 5.74) is 1.59. The van der Waals surface area contributed by atoms with Crippen LogP contribution in [0.15, 0.2) is 18.2 Å². The van der Waals surface area contributed by atoms with E-state index in [1.807, 2.05) is 18.2 Å². The second-order valence-electron chi connectivity index (χ2n) is 4.74. The lowest BCUT2D eigenvalue weighted by Gasteiger charge is -2.37. The number of fused-ring (bicyclic) bond motifs is 1. The molecule has 1 N–H and O–H groups in total. The number of rotatable bonds is 1. The number of hydrogen-bond donors (Lipinski definition) is 1. The van der Waals surface area contributed by atoms with Gasteiger partial charge in [0.1, 0.15) is 11.9 Å². The standard InChI is InChI=1S/C13H16FNO2/c1-16-10-4-2-3-9-7-13(15-12(9)10)5-6-17-8-11(13)14/h2-4,11,15H,5-8H2,1H3. The number of halogens is 1. The minimum atomic E-state index is -0.964. The highest BCUT2D eigenvalue weighted by atomic mass is 19.1. The molecule has 2 unspecified atom stereocenters. The van der Waals surface area contributed by atoms with Crippen LogP contribution in [-0.2, 0) is 11.2 Å². The molecule has 2 aliphatic heterocycles. The molecule has 0 aliphatic carbocycles. The summed E-state index contributed by atoms with van der Waals surface area (Å²) in [5.74, 6) is 0.790. The normalized spacial score (nSPS) is 31.1. The fourth-order valence-electron chi connectivity index (χ4n) is 2.77. The third-order valence-corrected chi connectivity index (χ3v) is 3.77. The molecule has 92 valence electrons. The van der Waals surface area contributed by atoms with Gasteiger partial charge in [-0.3, -0.25) is 0 Å². The minimum absolute atomic E-state index is 0.184. The van der Waals surface area contributed by atoms with E-state index in [0.717, 1.165) is 17.0 Å². The number of para-hydroxylation sites is 1. The molecular weight excluding hydrogens is 221 g/mol. The summed E-state index contributed by atoms with van der Waals surface area (Å²) >= 11 is 0. The Kier molecular flexibility index (Phi) is 2.47. The molecule has 0 amide bonds. The summed E-state index contributed by atoms with van der Waals surface area (Å²) in [5, 5.41) is 3.34. The van der Waals surface area contributed by atoms with Gasteiger partial charge in [0.05, 0.1) is 24.9 Å². The van der Waals surface area contributed by atoms with Crippen LogP contribution in [0.1, 0.15) is 12.0 Å². The summed E-state index contributed by atoms with van der Waals surface area (Å²) in [6, 6.07) is 5.88. The SMILES string of the molecule is COc1cccc2c1NC1(CCOCC1F)C2. The second kappa shape index (κ2) is 3.88. The van der Waals surface area contributed by atoms with Crippen molar-refractivity contribution in [2.45, 2.75) is 24.6 Å². The fourth-order valence-corrected chi connectivity index (χ4v) is 2.77. The van der Waals surface area contributed by atoms with Gasteiger partial charge < -0.3 is 14.8 Å². The Morgan fingerprint density at radius 3 is 3.18 bits per heavy atom. The summed E-state index contributed by atoms with van der Waals surface area (Å²) in [6.07, 6.45) is 0.448. The zero-order valence-electron chi connectivity index (χ0n) is 9.83. The van der Waals surface area contributed by atoms with Gasteiger partial charge in [-0.25, -0.2) is 4.39 Å². The second-order valence-corrected chi connectivity index (χ2v) is 4.74. The van der Waals surface area contributed by atoms with Gasteiger partial charge in [0, 0.05) is 13.0 Å². The van der Waals surface area contributed by atoms with Gasteiger partial charge in [0.25, 0.3) is 0 Å². The summed E-state index contributed by atoms with van der Waals surface area (Å²) < 4.78 is 24.6. The van der Waals surface area contributed by atoms with E-state index in [4.69, 9.17) is 9.47 Å². The first kappa shape index (κ1) is 10.8. The maximum atomic E-state index is 14.1. The molecule has 3 nitrogen and oxygen atoms in total. The predicted octanol–water partition coefficient (Wildman–Crippen LogP) is 2.16. The van der Waals surface area contributed by atoms with E-state index in [-0.39, 0.29) is 6.61 Å².